The third-order valence-electron chi connectivity index (χ3n) is 5.25. The summed E-state index contributed by atoms with van der Waals surface area (Å²) in [4.78, 5) is 25.4. The Bertz CT molecular complexity index is 1120. The van der Waals surface area contributed by atoms with E-state index in [2.05, 4.69) is 15.7 Å². The fourth-order valence-corrected chi connectivity index (χ4v) is 3.78. The van der Waals surface area contributed by atoms with Crippen molar-refractivity contribution in [2.45, 2.75) is 31.8 Å². The molecule has 160 valence electrons. The number of aromatic nitrogens is 2. The van der Waals surface area contributed by atoms with E-state index in [4.69, 9.17) is 16.3 Å². The van der Waals surface area contributed by atoms with Crippen molar-refractivity contribution in [2.75, 3.05) is 10.6 Å². The van der Waals surface area contributed by atoms with Crippen LogP contribution >= 0.6 is 11.6 Å². The van der Waals surface area contributed by atoms with Gasteiger partial charge >= 0.3 is 0 Å². The average molecular weight is 439 g/mol. The largest absolute Gasteiger partial charge is 0.478 e. The van der Waals surface area contributed by atoms with Gasteiger partial charge in [-0.3, -0.25) is 14.3 Å². The van der Waals surface area contributed by atoms with Crippen molar-refractivity contribution in [1.29, 1.82) is 0 Å². The Balaban J connectivity index is 1.63. The highest BCUT2D eigenvalue weighted by Crippen LogP contribution is 2.41. The molecule has 2 N–H and O–H groups in total. The second-order valence-corrected chi connectivity index (χ2v) is 8.41. The fraction of sp³-hybridized carbons (Fsp3) is 0.261. The number of halogens is 1. The van der Waals surface area contributed by atoms with Crippen LogP contribution in [0.5, 0.6) is 5.75 Å². The topological polar surface area (TPSA) is 85.2 Å². The molecule has 0 saturated heterocycles. The van der Waals surface area contributed by atoms with Crippen LogP contribution in [0.1, 0.15) is 37.3 Å². The van der Waals surface area contributed by atoms with Crippen LogP contribution in [0.4, 0.5) is 11.6 Å². The summed E-state index contributed by atoms with van der Waals surface area (Å²) in [6.07, 6.45) is 0.274. The van der Waals surface area contributed by atoms with Gasteiger partial charge in [0.25, 0.3) is 5.91 Å². The summed E-state index contributed by atoms with van der Waals surface area (Å²) in [6.45, 7) is 3.37. The maximum atomic E-state index is 13.1. The fourth-order valence-electron chi connectivity index (χ4n) is 3.65. The predicted octanol–water partition coefficient (Wildman–Crippen LogP) is 4.34. The number of ether oxygens (including phenoxy) is 1. The lowest BCUT2D eigenvalue weighted by molar-refractivity contribution is -0.128. The quantitative estimate of drug-likeness (QED) is 0.620. The summed E-state index contributed by atoms with van der Waals surface area (Å²) >= 11 is 5.92. The van der Waals surface area contributed by atoms with Crippen molar-refractivity contribution < 1.29 is 14.3 Å². The lowest BCUT2D eigenvalue weighted by Crippen LogP contribution is -2.43. The molecule has 1 aliphatic heterocycles. The number of carbonyl (C=O) groups excluding carboxylic acids is 2. The molecule has 0 saturated carbocycles. The van der Waals surface area contributed by atoms with Gasteiger partial charge in [0.1, 0.15) is 11.6 Å². The predicted molar refractivity (Wildman–Crippen MR) is 120 cm³/mol. The van der Waals surface area contributed by atoms with E-state index in [1.54, 1.807) is 49.8 Å². The molecule has 7 nitrogen and oxygen atoms in total. The van der Waals surface area contributed by atoms with Crippen LogP contribution in [0.15, 0.2) is 54.6 Å². The van der Waals surface area contributed by atoms with Crippen LogP contribution in [-0.2, 0) is 16.6 Å². The second-order valence-electron chi connectivity index (χ2n) is 7.97. The number of hydrogen-bond acceptors (Lipinski definition) is 4. The summed E-state index contributed by atoms with van der Waals surface area (Å²) in [5.74, 6) is 0.859. The van der Waals surface area contributed by atoms with Crippen molar-refractivity contribution in [3.63, 3.8) is 0 Å². The Hall–Kier alpha value is -3.32. The zero-order valence-corrected chi connectivity index (χ0v) is 18.2. The van der Waals surface area contributed by atoms with E-state index in [0.29, 0.717) is 22.4 Å². The highest BCUT2D eigenvalue weighted by Gasteiger charge is 2.36. The molecule has 0 spiro atoms. The molecule has 1 aliphatic rings. The summed E-state index contributed by atoms with van der Waals surface area (Å²) in [5.41, 5.74) is 0.598. The Labute approximate surface area is 185 Å². The average Bonchev–Trinajstić information content (AvgIpc) is 3.04. The minimum absolute atomic E-state index is 0.0892. The van der Waals surface area contributed by atoms with Crippen LogP contribution in [0.25, 0.3) is 0 Å². The molecule has 8 heteroatoms. The number of hydrogen-bond donors (Lipinski definition) is 2. The van der Waals surface area contributed by atoms with Crippen molar-refractivity contribution in [2.24, 2.45) is 7.05 Å². The molecular formula is C23H23ClN4O3. The Morgan fingerprint density at radius 1 is 1.19 bits per heavy atom. The molecule has 31 heavy (non-hydrogen) atoms. The molecule has 0 bridgehead atoms. The van der Waals surface area contributed by atoms with Crippen molar-refractivity contribution in [3.05, 3.63) is 70.7 Å². The van der Waals surface area contributed by atoms with E-state index in [1.807, 2.05) is 30.3 Å². The first-order chi connectivity index (χ1) is 14.7. The number of rotatable bonds is 5. The van der Waals surface area contributed by atoms with Crippen molar-refractivity contribution in [1.82, 2.24) is 9.78 Å². The Morgan fingerprint density at radius 2 is 1.87 bits per heavy atom. The van der Waals surface area contributed by atoms with Crippen LogP contribution in [0, 0.1) is 0 Å². The normalized spacial score (nSPS) is 15.7. The number of nitrogens with zero attached hydrogens (tertiary/aromatic N) is 2. The number of anilines is 2. The highest BCUT2D eigenvalue weighted by molar-refractivity contribution is 6.30. The summed E-state index contributed by atoms with van der Waals surface area (Å²) in [5, 5.41) is 10.8. The smallest absolute Gasteiger partial charge is 0.269 e. The minimum atomic E-state index is -1.17. The van der Waals surface area contributed by atoms with Gasteiger partial charge in [0.2, 0.25) is 5.91 Å². The van der Waals surface area contributed by atoms with Crippen LogP contribution < -0.4 is 15.4 Å². The van der Waals surface area contributed by atoms with E-state index in [-0.39, 0.29) is 24.2 Å². The second kappa shape index (κ2) is 8.07. The van der Waals surface area contributed by atoms with E-state index in [1.165, 1.54) is 0 Å². The van der Waals surface area contributed by atoms with E-state index in [0.717, 1.165) is 11.1 Å². The maximum absolute atomic E-state index is 13.1. The molecule has 2 heterocycles. The van der Waals surface area contributed by atoms with E-state index in [9.17, 15) is 9.59 Å². The van der Waals surface area contributed by atoms with Gasteiger partial charge in [-0.2, -0.15) is 5.10 Å². The summed E-state index contributed by atoms with van der Waals surface area (Å²) in [6, 6.07) is 16.6. The molecule has 1 unspecified atom stereocenters. The lowest BCUT2D eigenvalue weighted by atomic mass is 9.86. The van der Waals surface area contributed by atoms with Gasteiger partial charge < -0.3 is 15.4 Å². The summed E-state index contributed by atoms with van der Waals surface area (Å²) in [7, 11) is 1.73. The van der Waals surface area contributed by atoms with Crippen molar-refractivity contribution >= 4 is 35.1 Å². The third-order valence-corrected chi connectivity index (χ3v) is 5.50. The van der Waals surface area contributed by atoms with Crippen LogP contribution in [-0.4, -0.2) is 27.2 Å². The number of benzene rings is 2. The molecule has 0 aliphatic carbocycles. The summed E-state index contributed by atoms with van der Waals surface area (Å²) < 4.78 is 7.47. The number of amides is 2. The van der Waals surface area contributed by atoms with Crippen LogP contribution in [0.2, 0.25) is 5.02 Å². The molecule has 2 aromatic carbocycles. The molecule has 1 atom stereocenters. The molecule has 4 rings (SSSR count). The van der Waals surface area contributed by atoms with Gasteiger partial charge in [-0.15, -0.1) is 0 Å². The van der Waals surface area contributed by atoms with Crippen molar-refractivity contribution in [3.8, 4) is 5.75 Å². The Kier molecular flexibility index (Phi) is 5.45. The maximum Gasteiger partial charge on any atom is 0.269 e. The molecular weight excluding hydrogens is 416 g/mol. The monoisotopic (exact) mass is 438 g/mol. The highest BCUT2D eigenvalue weighted by atomic mass is 35.5. The molecule has 1 aromatic heterocycles. The lowest BCUT2D eigenvalue weighted by Gasteiger charge is -2.27. The first-order valence-corrected chi connectivity index (χ1v) is 10.3. The molecule has 3 aromatic rings. The van der Waals surface area contributed by atoms with Crippen LogP contribution in [0.3, 0.4) is 0 Å². The van der Waals surface area contributed by atoms with Gasteiger partial charge in [0.05, 0.1) is 0 Å². The van der Waals surface area contributed by atoms with E-state index < -0.39 is 5.60 Å². The van der Waals surface area contributed by atoms with Gasteiger partial charge in [-0.25, -0.2) is 0 Å². The van der Waals surface area contributed by atoms with E-state index >= 15 is 0 Å². The first kappa shape index (κ1) is 20.9. The zero-order valence-electron chi connectivity index (χ0n) is 17.5. The zero-order chi connectivity index (χ0) is 22.2. The third kappa shape index (κ3) is 4.27. The number of aryl methyl sites for hydroxylation is 1. The molecule has 0 fully saturated rings. The number of nitrogens with one attached hydrogen (secondary N) is 2. The number of fused-ring (bicyclic) bond motifs is 1. The molecule has 2 amide bonds. The van der Waals surface area contributed by atoms with Gasteiger partial charge in [-0.05, 0) is 43.7 Å². The van der Waals surface area contributed by atoms with Gasteiger partial charge in [0.15, 0.2) is 11.4 Å². The first-order valence-electron chi connectivity index (χ1n) is 9.92. The van der Waals surface area contributed by atoms with Gasteiger partial charge in [0, 0.05) is 30.0 Å². The molecule has 0 radical (unpaired) electrons. The minimum Gasteiger partial charge on any atom is -0.478 e. The van der Waals surface area contributed by atoms with Gasteiger partial charge in [-0.1, -0.05) is 41.9 Å². The standard InChI is InChI=1S/C23H23ClN4O3/c1-23(2,31-16-11-9-15(24)10-12-16)22(30)26-20-19-17(14-7-5-4-6-8-14)13-18(29)25-21(19)28(3)27-20/h4-12,17H,13H2,1-3H3,(H,25,29)(H,26,27,30). The number of carbonyl (C=O) groups is 2. The Morgan fingerprint density at radius 3 is 2.55 bits per heavy atom. The SMILES string of the molecule is Cn1nc(NC(=O)C(C)(C)Oc2ccc(Cl)cc2)c2c1NC(=O)CC2c1ccccc1.